The van der Waals surface area contributed by atoms with Gasteiger partial charge < -0.3 is 10.5 Å². The molecule has 1 rings (SSSR count). The van der Waals surface area contributed by atoms with Crippen LogP contribution in [0.2, 0.25) is 5.02 Å². The average Bonchev–Trinajstić information content (AvgIpc) is 2.24. The first-order valence-electron chi connectivity index (χ1n) is 4.99. The highest BCUT2D eigenvalue weighted by Gasteiger charge is 2.36. The summed E-state index contributed by atoms with van der Waals surface area (Å²) in [6, 6.07) is 3.00. The van der Waals surface area contributed by atoms with Gasteiger partial charge in [-0.1, -0.05) is 11.6 Å². The summed E-state index contributed by atoms with van der Waals surface area (Å²) in [4.78, 5) is 0. The molecule has 0 fully saturated rings. The number of hydrogen-bond acceptors (Lipinski definition) is 2. The van der Waals surface area contributed by atoms with Crippen molar-refractivity contribution in [2.45, 2.75) is 25.1 Å². The third-order valence-electron chi connectivity index (χ3n) is 2.39. The van der Waals surface area contributed by atoms with Crippen molar-refractivity contribution >= 4 is 11.6 Å². The van der Waals surface area contributed by atoms with Crippen LogP contribution in [0.4, 0.5) is 13.2 Å². The molecule has 0 saturated heterocycles. The van der Waals surface area contributed by atoms with Gasteiger partial charge in [0, 0.05) is 5.02 Å². The molecule has 0 saturated carbocycles. The molecule has 0 amide bonds. The van der Waals surface area contributed by atoms with Crippen LogP contribution >= 0.6 is 11.6 Å². The number of hydrogen-bond donors (Lipinski definition) is 1. The predicted molar refractivity (Wildman–Crippen MR) is 60.4 cm³/mol. The summed E-state index contributed by atoms with van der Waals surface area (Å²) in [5.74, 6) is 0.517. The minimum Gasteiger partial charge on any atom is -0.496 e. The van der Waals surface area contributed by atoms with E-state index in [1.54, 1.807) is 18.2 Å². The van der Waals surface area contributed by atoms with Gasteiger partial charge in [-0.15, -0.1) is 0 Å². The van der Waals surface area contributed by atoms with E-state index in [0.29, 0.717) is 16.3 Å². The molecule has 0 aliphatic rings. The molecule has 2 N–H and O–H groups in total. The Morgan fingerprint density at radius 3 is 2.59 bits per heavy atom. The van der Waals surface area contributed by atoms with Gasteiger partial charge in [-0.2, -0.15) is 13.2 Å². The van der Waals surface area contributed by atoms with Crippen molar-refractivity contribution in [2.75, 3.05) is 7.11 Å². The zero-order valence-electron chi connectivity index (χ0n) is 9.22. The lowest BCUT2D eigenvalue weighted by Gasteiger charge is -2.16. The van der Waals surface area contributed by atoms with Gasteiger partial charge in [-0.25, -0.2) is 0 Å². The molecule has 1 aromatic rings. The number of aryl methyl sites for hydroxylation is 1. The monoisotopic (exact) mass is 267 g/mol. The summed E-state index contributed by atoms with van der Waals surface area (Å²) in [6.07, 6.45) is -4.39. The minimum atomic E-state index is -4.37. The van der Waals surface area contributed by atoms with Crippen LogP contribution < -0.4 is 10.5 Å². The number of alkyl halides is 3. The number of benzene rings is 1. The summed E-state index contributed by atoms with van der Waals surface area (Å²) < 4.78 is 41.7. The molecule has 0 spiro atoms. The van der Waals surface area contributed by atoms with Crippen LogP contribution in [0, 0.1) is 0 Å². The topological polar surface area (TPSA) is 35.2 Å². The summed E-state index contributed by atoms with van der Waals surface area (Å²) in [7, 11) is 1.45. The van der Waals surface area contributed by atoms with Crippen LogP contribution in [-0.4, -0.2) is 19.3 Å². The maximum Gasteiger partial charge on any atom is 0.403 e. The number of methoxy groups -OCH3 is 1. The fourth-order valence-corrected chi connectivity index (χ4v) is 1.61. The first-order chi connectivity index (χ1) is 7.84. The highest BCUT2D eigenvalue weighted by molar-refractivity contribution is 6.30. The van der Waals surface area contributed by atoms with E-state index in [9.17, 15) is 13.2 Å². The third-order valence-corrected chi connectivity index (χ3v) is 2.62. The van der Waals surface area contributed by atoms with Gasteiger partial charge in [0.15, 0.2) is 0 Å². The molecule has 1 aromatic carbocycles. The molecule has 0 aromatic heterocycles. The first kappa shape index (κ1) is 14.1. The number of nitrogens with two attached hydrogens (primary N) is 1. The van der Waals surface area contributed by atoms with Crippen LogP contribution in [0.15, 0.2) is 18.2 Å². The standard InChI is InChI=1S/C11H13ClF3NO/c1-17-9-4-3-8(12)6-7(9)2-5-10(16)11(13,14)15/h3-4,6,10H,2,5,16H2,1H3. The van der Waals surface area contributed by atoms with Gasteiger partial charge in [0.2, 0.25) is 0 Å². The molecule has 2 nitrogen and oxygen atoms in total. The van der Waals surface area contributed by atoms with E-state index in [-0.39, 0.29) is 12.8 Å². The molecule has 1 unspecified atom stereocenters. The maximum atomic E-state index is 12.2. The van der Waals surface area contributed by atoms with Crippen LogP contribution in [0.1, 0.15) is 12.0 Å². The van der Waals surface area contributed by atoms with Crippen molar-refractivity contribution in [1.82, 2.24) is 0 Å². The average molecular weight is 268 g/mol. The molecular weight excluding hydrogens is 255 g/mol. The summed E-state index contributed by atoms with van der Waals surface area (Å²) >= 11 is 5.77. The molecule has 0 heterocycles. The van der Waals surface area contributed by atoms with E-state index in [1.807, 2.05) is 0 Å². The van der Waals surface area contributed by atoms with Crippen molar-refractivity contribution in [3.8, 4) is 5.75 Å². The van der Waals surface area contributed by atoms with Crippen LogP contribution in [0.3, 0.4) is 0 Å². The van der Waals surface area contributed by atoms with Gasteiger partial charge in [0.1, 0.15) is 11.8 Å². The lowest BCUT2D eigenvalue weighted by molar-refractivity contribution is -0.148. The molecule has 6 heteroatoms. The molecule has 1 atom stereocenters. The number of ether oxygens (including phenoxy) is 1. The van der Waals surface area contributed by atoms with E-state index >= 15 is 0 Å². The fourth-order valence-electron chi connectivity index (χ4n) is 1.42. The first-order valence-corrected chi connectivity index (χ1v) is 5.37. The molecule has 0 aliphatic heterocycles. The lowest BCUT2D eigenvalue weighted by Crippen LogP contribution is -2.37. The number of halogens is 4. The third kappa shape index (κ3) is 4.09. The molecule has 17 heavy (non-hydrogen) atoms. The number of rotatable bonds is 4. The van der Waals surface area contributed by atoms with E-state index in [0.717, 1.165) is 0 Å². The van der Waals surface area contributed by atoms with Crippen LogP contribution in [0.25, 0.3) is 0 Å². The maximum absolute atomic E-state index is 12.2. The van der Waals surface area contributed by atoms with Gasteiger partial charge in [0.05, 0.1) is 7.11 Å². The SMILES string of the molecule is COc1ccc(Cl)cc1CCC(N)C(F)(F)F. The lowest BCUT2D eigenvalue weighted by atomic mass is 10.0. The van der Waals surface area contributed by atoms with E-state index < -0.39 is 12.2 Å². The van der Waals surface area contributed by atoms with Crippen molar-refractivity contribution in [1.29, 1.82) is 0 Å². The molecule has 0 radical (unpaired) electrons. The second-order valence-corrected chi connectivity index (χ2v) is 4.08. The Hall–Kier alpha value is -0.940. The van der Waals surface area contributed by atoms with Crippen molar-refractivity contribution in [3.05, 3.63) is 28.8 Å². The smallest absolute Gasteiger partial charge is 0.403 e. The Balaban J connectivity index is 2.72. The van der Waals surface area contributed by atoms with Crippen molar-refractivity contribution in [2.24, 2.45) is 5.73 Å². The largest absolute Gasteiger partial charge is 0.496 e. The summed E-state index contributed by atoms with van der Waals surface area (Å²) in [5, 5.41) is 0.460. The summed E-state index contributed by atoms with van der Waals surface area (Å²) in [6.45, 7) is 0. The Labute approximate surface area is 103 Å². The second kappa shape index (κ2) is 5.60. The predicted octanol–water partition coefficient (Wildman–Crippen LogP) is 3.17. The van der Waals surface area contributed by atoms with Gasteiger partial charge in [0.25, 0.3) is 0 Å². The van der Waals surface area contributed by atoms with Gasteiger partial charge >= 0.3 is 6.18 Å². The molecule has 0 bridgehead atoms. The quantitative estimate of drug-likeness (QED) is 0.909. The van der Waals surface area contributed by atoms with Crippen molar-refractivity contribution < 1.29 is 17.9 Å². The fraction of sp³-hybridized carbons (Fsp3) is 0.455. The summed E-state index contributed by atoms with van der Waals surface area (Å²) in [5.41, 5.74) is 5.65. The zero-order chi connectivity index (χ0) is 13.1. The van der Waals surface area contributed by atoms with Gasteiger partial charge in [-0.3, -0.25) is 0 Å². The highest BCUT2D eigenvalue weighted by Crippen LogP contribution is 2.27. The Morgan fingerprint density at radius 2 is 2.06 bits per heavy atom. The second-order valence-electron chi connectivity index (χ2n) is 3.64. The highest BCUT2D eigenvalue weighted by atomic mass is 35.5. The van der Waals surface area contributed by atoms with E-state index in [4.69, 9.17) is 22.1 Å². The Morgan fingerprint density at radius 1 is 1.41 bits per heavy atom. The Kier molecular flexibility index (Phi) is 4.65. The normalized spacial score (nSPS) is 13.5. The van der Waals surface area contributed by atoms with E-state index in [1.165, 1.54) is 7.11 Å². The van der Waals surface area contributed by atoms with Gasteiger partial charge in [-0.05, 0) is 36.6 Å². The molecule has 96 valence electrons. The van der Waals surface area contributed by atoms with Crippen LogP contribution in [-0.2, 0) is 6.42 Å². The Bertz CT molecular complexity index is 381. The van der Waals surface area contributed by atoms with Crippen molar-refractivity contribution in [3.63, 3.8) is 0 Å². The minimum absolute atomic E-state index is 0.171. The molecule has 0 aliphatic carbocycles. The van der Waals surface area contributed by atoms with E-state index in [2.05, 4.69) is 0 Å². The zero-order valence-corrected chi connectivity index (χ0v) is 9.98. The molecular formula is C11H13ClF3NO. The van der Waals surface area contributed by atoms with Crippen LogP contribution in [0.5, 0.6) is 5.75 Å².